The van der Waals surface area contributed by atoms with E-state index in [2.05, 4.69) is 0 Å². The van der Waals surface area contributed by atoms with Crippen LogP contribution in [0.1, 0.15) is 19.3 Å². The molecule has 2 unspecified atom stereocenters. The maximum Gasteiger partial charge on any atom is 0.307 e. The maximum absolute atomic E-state index is 12.2. The van der Waals surface area contributed by atoms with Gasteiger partial charge < -0.3 is 19.5 Å². The van der Waals surface area contributed by atoms with Crippen molar-refractivity contribution in [2.45, 2.75) is 25.0 Å². The van der Waals surface area contributed by atoms with Crippen LogP contribution in [-0.4, -0.2) is 54.0 Å². The minimum atomic E-state index is -0.867. The Hall–Kier alpha value is -1.14. The summed E-state index contributed by atoms with van der Waals surface area (Å²) in [5, 5.41) is 8.86. The summed E-state index contributed by atoms with van der Waals surface area (Å²) >= 11 is 0. The number of carboxylic acids is 1. The average molecular weight is 255 g/mol. The number of carboxylic acid groups (broad SMARTS) is 1. The fraction of sp³-hybridized carbons (Fsp3) is 0.833. The fourth-order valence-electron chi connectivity index (χ4n) is 2.88. The van der Waals surface area contributed by atoms with Gasteiger partial charge in [0.1, 0.15) is 0 Å². The lowest BCUT2D eigenvalue weighted by molar-refractivity contribution is -0.193. The molecule has 18 heavy (non-hydrogen) atoms. The van der Waals surface area contributed by atoms with Crippen molar-refractivity contribution in [3.05, 3.63) is 0 Å². The first-order valence-electron chi connectivity index (χ1n) is 6.41. The Bertz CT molecular complexity index is 377. The fourth-order valence-corrected chi connectivity index (χ4v) is 2.88. The Kier molecular flexibility index (Phi) is 2.79. The van der Waals surface area contributed by atoms with Crippen LogP contribution in [0, 0.1) is 11.8 Å². The standard InChI is InChI=1S/C12H17NO5/c14-10(8-6-9(8)11(15)16)13-3-1-2-12(7-13)17-4-5-18-12/h8-9H,1-7H2,(H,15,16). The number of amides is 1. The van der Waals surface area contributed by atoms with Crippen molar-refractivity contribution >= 4 is 11.9 Å². The summed E-state index contributed by atoms with van der Waals surface area (Å²) < 4.78 is 11.2. The van der Waals surface area contributed by atoms with Gasteiger partial charge in [-0.1, -0.05) is 0 Å². The molecule has 1 N–H and O–H groups in total. The van der Waals surface area contributed by atoms with Gasteiger partial charge >= 0.3 is 5.97 Å². The van der Waals surface area contributed by atoms with Crippen LogP contribution in [0.5, 0.6) is 0 Å². The summed E-state index contributed by atoms with van der Waals surface area (Å²) in [5.74, 6) is -2.37. The quantitative estimate of drug-likeness (QED) is 0.755. The number of hydrogen-bond donors (Lipinski definition) is 1. The van der Waals surface area contributed by atoms with E-state index in [1.54, 1.807) is 4.90 Å². The second kappa shape index (κ2) is 4.20. The summed E-state index contributed by atoms with van der Waals surface area (Å²) in [7, 11) is 0. The number of hydrogen-bond acceptors (Lipinski definition) is 4. The molecular formula is C12H17NO5. The molecule has 0 aromatic rings. The van der Waals surface area contributed by atoms with Gasteiger partial charge in [0, 0.05) is 13.0 Å². The first kappa shape index (κ1) is 11.9. The molecule has 1 saturated carbocycles. The van der Waals surface area contributed by atoms with E-state index < -0.39 is 17.7 Å². The van der Waals surface area contributed by atoms with E-state index in [1.165, 1.54) is 0 Å². The number of aliphatic carboxylic acids is 1. The molecule has 0 radical (unpaired) electrons. The molecule has 0 aromatic carbocycles. The van der Waals surface area contributed by atoms with Crippen molar-refractivity contribution in [1.29, 1.82) is 0 Å². The first-order valence-corrected chi connectivity index (χ1v) is 6.41. The van der Waals surface area contributed by atoms with Crippen molar-refractivity contribution in [2.75, 3.05) is 26.3 Å². The van der Waals surface area contributed by atoms with Gasteiger partial charge in [-0.25, -0.2) is 0 Å². The summed E-state index contributed by atoms with van der Waals surface area (Å²) in [5.41, 5.74) is 0. The minimum absolute atomic E-state index is 0.0550. The third-order valence-electron chi connectivity index (χ3n) is 3.97. The van der Waals surface area contributed by atoms with E-state index >= 15 is 0 Å². The van der Waals surface area contributed by atoms with Gasteiger partial charge in [-0.05, 0) is 12.8 Å². The third kappa shape index (κ3) is 1.99. The van der Waals surface area contributed by atoms with Gasteiger partial charge in [0.05, 0.1) is 31.6 Å². The number of ether oxygens (including phenoxy) is 2. The van der Waals surface area contributed by atoms with E-state index in [-0.39, 0.29) is 11.8 Å². The topological polar surface area (TPSA) is 76.1 Å². The lowest BCUT2D eigenvalue weighted by atomic mass is 10.0. The third-order valence-corrected chi connectivity index (χ3v) is 3.97. The van der Waals surface area contributed by atoms with Crippen molar-refractivity contribution in [3.63, 3.8) is 0 Å². The monoisotopic (exact) mass is 255 g/mol. The minimum Gasteiger partial charge on any atom is -0.481 e. The van der Waals surface area contributed by atoms with E-state index in [4.69, 9.17) is 14.6 Å². The zero-order valence-electron chi connectivity index (χ0n) is 10.1. The highest BCUT2D eigenvalue weighted by molar-refractivity contribution is 5.89. The van der Waals surface area contributed by atoms with Gasteiger partial charge in [0.2, 0.25) is 5.91 Å². The number of piperidine rings is 1. The average Bonchev–Trinajstić information content (AvgIpc) is 3.05. The van der Waals surface area contributed by atoms with Crippen molar-refractivity contribution < 1.29 is 24.2 Å². The van der Waals surface area contributed by atoms with Crippen LogP contribution in [0.3, 0.4) is 0 Å². The predicted molar refractivity (Wildman–Crippen MR) is 59.7 cm³/mol. The highest BCUT2D eigenvalue weighted by Crippen LogP contribution is 2.41. The lowest BCUT2D eigenvalue weighted by Gasteiger charge is -2.38. The van der Waals surface area contributed by atoms with Crippen LogP contribution >= 0.6 is 0 Å². The molecule has 0 bridgehead atoms. The van der Waals surface area contributed by atoms with E-state index in [9.17, 15) is 9.59 Å². The van der Waals surface area contributed by atoms with Gasteiger partial charge in [0.25, 0.3) is 0 Å². The molecule has 2 saturated heterocycles. The molecule has 2 atom stereocenters. The Morgan fingerprint density at radius 1 is 1.22 bits per heavy atom. The zero-order valence-corrected chi connectivity index (χ0v) is 10.1. The van der Waals surface area contributed by atoms with Gasteiger partial charge in [-0.2, -0.15) is 0 Å². The van der Waals surface area contributed by atoms with E-state index in [0.29, 0.717) is 32.7 Å². The molecule has 3 rings (SSSR count). The van der Waals surface area contributed by atoms with Crippen molar-refractivity contribution in [3.8, 4) is 0 Å². The first-order chi connectivity index (χ1) is 8.61. The molecule has 6 nitrogen and oxygen atoms in total. The van der Waals surface area contributed by atoms with Crippen LogP contribution in [0.2, 0.25) is 0 Å². The highest BCUT2D eigenvalue weighted by atomic mass is 16.7. The molecule has 2 heterocycles. The number of likely N-dealkylation sites (tertiary alicyclic amines) is 1. The molecule has 6 heteroatoms. The molecule has 3 aliphatic rings. The molecule has 1 spiro atoms. The molecule has 0 aromatic heterocycles. The van der Waals surface area contributed by atoms with Gasteiger partial charge in [-0.3, -0.25) is 9.59 Å². The van der Waals surface area contributed by atoms with E-state index in [0.717, 1.165) is 12.8 Å². The SMILES string of the molecule is O=C(O)C1CC1C(=O)N1CCCC2(C1)OCCO2. The Morgan fingerprint density at radius 3 is 2.56 bits per heavy atom. The summed E-state index contributed by atoms with van der Waals surface area (Å²) in [6, 6.07) is 0. The molecule has 3 fully saturated rings. The number of carbonyl (C=O) groups excluding carboxylic acids is 1. The van der Waals surface area contributed by atoms with Gasteiger partial charge in [0.15, 0.2) is 5.79 Å². The molecule has 1 aliphatic carbocycles. The second-order valence-electron chi connectivity index (χ2n) is 5.26. The Balaban J connectivity index is 1.62. The predicted octanol–water partition coefficient (Wildman–Crippen LogP) is 0.0726. The normalized spacial score (nSPS) is 33.7. The number of rotatable bonds is 2. The summed E-state index contributed by atoms with van der Waals surface area (Å²) in [6.07, 6.45) is 2.12. The summed E-state index contributed by atoms with van der Waals surface area (Å²) in [4.78, 5) is 24.7. The second-order valence-corrected chi connectivity index (χ2v) is 5.26. The Morgan fingerprint density at radius 2 is 1.94 bits per heavy atom. The van der Waals surface area contributed by atoms with Crippen LogP contribution in [-0.2, 0) is 19.1 Å². The van der Waals surface area contributed by atoms with E-state index in [1.807, 2.05) is 0 Å². The molecule has 100 valence electrons. The number of nitrogens with zero attached hydrogens (tertiary/aromatic N) is 1. The Labute approximate surface area is 105 Å². The van der Waals surface area contributed by atoms with Crippen LogP contribution in [0.4, 0.5) is 0 Å². The van der Waals surface area contributed by atoms with Crippen LogP contribution in [0.25, 0.3) is 0 Å². The van der Waals surface area contributed by atoms with Crippen LogP contribution in [0.15, 0.2) is 0 Å². The zero-order chi connectivity index (χ0) is 12.8. The smallest absolute Gasteiger partial charge is 0.307 e. The number of carbonyl (C=O) groups is 2. The van der Waals surface area contributed by atoms with Crippen LogP contribution < -0.4 is 0 Å². The largest absolute Gasteiger partial charge is 0.481 e. The van der Waals surface area contributed by atoms with Crippen molar-refractivity contribution in [2.24, 2.45) is 11.8 Å². The summed E-state index contributed by atoms with van der Waals surface area (Å²) in [6.45, 7) is 2.26. The van der Waals surface area contributed by atoms with Crippen molar-refractivity contribution in [1.82, 2.24) is 4.90 Å². The van der Waals surface area contributed by atoms with Gasteiger partial charge in [-0.15, -0.1) is 0 Å². The molecular weight excluding hydrogens is 238 g/mol. The maximum atomic E-state index is 12.2. The molecule has 2 aliphatic heterocycles. The lowest BCUT2D eigenvalue weighted by Crippen LogP contribution is -2.51. The highest BCUT2D eigenvalue weighted by Gasteiger charge is 2.52. The molecule has 1 amide bonds.